The molecule has 0 atom stereocenters. The Morgan fingerprint density at radius 2 is 1.73 bits per heavy atom. The molecule has 1 fully saturated rings. The van der Waals surface area contributed by atoms with E-state index in [1.165, 1.54) is 4.31 Å². The molecular weight excluding hydrogens is 374 g/mol. The van der Waals surface area contributed by atoms with E-state index >= 15 is 0 Å². The number of carbonyl (C=O) groups is 1. The van der Waals surface area contributed by atoms with Gasteiger partial charge in [0.25, 0.3) is 0 Å². The van der Waals surface area contributed by atoms with E-state index < -0.39 is 10.0 Å². The van der Waals surface area contributed by atoms with Crippen LogP contribution in [0, 0.1) is 5.92 Å². The summed E-state index contributed by atoms with van der Waals surface area (Å²) in [6.45, 7) is 7.88. The van der Waals surface area contributed by atoms with Crippen molar-refractivity contribution >= 4 is 28.3 Å². The highest BCUT2D eigenvalue weighted by atomic mass is 35.5. The van der Waals surface area contributed by atoms with Crippen molar-refractivity contribution in [3.8, 4) is 0 Å². The van der Waals surface area contributed by atoms with Crippen molar-refractivity contribution in [2.45, 2.75) is 43.9 Å². The molecule has 0 saturated carbocycles. The molecule has 3 N–H and O–H groups in total. The van der Waals surface area contributed by atoms with E-state index in [9.17, 15) is 13.2 Å². The van der Waals surface area contributed by atoms with Crippen LogP contribution in [0.4, 0.5) is 0 Å². The minimum atomic E-state index is -3.51. The molecule has 8 heteroatoms. The molecule has 0 bridgehead atoms. The van der Waals surface area contributed by atoms with Crippen LogP contribution < -0.4 is 11.1 Å². The lowest BCUT2D eigenvalue weighted by Gasteiger charge is -2.30. The van der Waals surface area contributed by atoms with Crippen molar-refractivity contribution in [2.75, 3.05) is 26.2 Å². The molecule has 2 rings (SSSR count). The second kappa shape index (κ2) is 9.17. The number of nitrogens with two attached hydrogens (primary N) is 1. The van der Waals surface area contributed by atoms with Gasteiger partial charge in [-0.25, -0.2) is 8.42 Å². The van der Waals surface area contributed by atoms with Gasteiger partial charge in [-0.15, -0.1) is 12.4 Å². The zero-order chi connectivity index (χ0) is 18.7. The molecule has 0 aromatic heterocycles. The Hall–Kier alpha value is -1.15. The van der Waals surface area contributed by atoms with Gasteiger partial charge in [-0.1, -0.05) is 32.9 Å². The Morgan fingerprint density at radius 1 is 1.19 bits per heavy atom. The fourth-order valence-corrected chi connectivity index (χ4v) is 4.44. The van der Waals surface area contributed by atoms with Crippen LogP contribution in [0.15, 0.2) is 29.2 Å². The highest BCUT2D eigenvalue weighted by Gasteiger charge is 2.32. The maximum atomic E-state index is 12.8. The molecule has 1 saturated heterocycles. The van der Waals surface area contributed by atoms with Crippen LogP contribution in [0.1, 0.15) is 39.2 Å². The number of hydrogen-bond acceptors (Lipinski definition) is 4. The molecule has 26 heavy (non-hydrogen) atoms. The van der Waals surface area contributed by atoms with Crippen LogP contribution in [0.5, 0.6) is 0 Å². The number of halogens is 1. The summed E-state index contributed by atoms with van der Waals surface area (Å²) in [5.41, 5.74) is 6.47. The van der Waals surface area contributed by atoms with Gasteiger partial charge in [-0.05, 0) is 36.0 Å². The largest absolute Gasteiger partial charge is 0.355 e. The fourth-order valence-electron chi connectivity index (χ4n) is 2.97. The van der Waals surface area contributed by atoms with Gasteiger partial charge in [-0.3, -0.25) is 4.79 Å². The third kappa shape index (κ3) is 5.42. The highest BCUT2D eigenvalue weighted by Crippen LogP contribution is 2.27. The van der Waals surface area contributed by atoms with Crippen LogP contribution >= 0.6 is 12.4 Å². The van der Waals surface area contributed by atoms with Gasteiger partial charge in [0, 0.05) is 32.1 Å². The summed E-state index contributed by atoms with van der Waals surface area (Å²) < 4.78 is 27.1. The van der Waals surface area contributed by atoms with Gasteiger partial charge in [0.05, 0.1) is 4.90 Å². The van der Waals surface area contributed by atoms with E-state index in [0.717, 1.165) is 5.56 Å². The second-order valence-electron chi connectivity index (χ2n) is 7.53. The SMILES string of the molecule is CC(C)(C)c1ccc(S(=O)(=O)N2CCC(C(=O)NCCN)CC2)cc1.Cl. The quantitative estimate of drug-likeness (QED) is 0.785. The molecule has 1 heterocycles. The summed E-state index contributed by atoms with van der Waals surface area (Å²) in [5, 5.41) is 2.78. The van der Waals surface area contributed by atoms with Crippen molar-refractivity contribution in [1.82, 2.24) is 9.62 Å². The van der Waals surface area contributed by atoms with Crippen molar-refractivity contribution in [1.29, 1.82) is 0 Å². The highest BCUT2D eigenvalue weighted by molar-refractivity contribution is 7.89. The summed E-state index contributed by atoms with van der Waals surface area (Å²) in [4.78, 5) is 12.3. The topological polar surface area (TPSA) is 92.5 Å². The van der Waals surface area contributed by atoms with E-state index in [0.29, 0.717) is 43.9 Å². The number of sulfonamides is 1. The average molecular weight is 404 g/mol. The number of amides is 1. The lowest BCUT2D eigenvalue weighted by Crippen LogP contribution is -2.43. The molecule has 0 spiro atoms. The Labute approximate surface area is 163 Å². The first-order valence-corrected chi connectivity index (χ1v) is 10.2. The Kier molecular flexibility index (Phi) is 8.07. The minimum Gasteiger partial charge on any atom is -0.355 e. The average Bonchev–Trinajstić information content (AvgIpc) is 2.59. The molecule has 1 aromatic rings. The number of benzene rings is 1. The van der Waals surface area contributed by atoms with E-state index in [-0.39, 0.29) is 29.6 Å². The number of hydrogen-bond donors (Lipinski definition) is 2. The van der Waals surface area contributed by atoms with Crippen LogP contribution in [-0.2, 0) is 20.2 Å². The molecule has 148 valence electrons. The van der Waals surface area contributed by atoms with E-state index in [4.69, 9.17) is 5.73 Å². The molecule has 0 radical (unpaired) electrons. The van der Waals surface area contributed by atoms with Gasteiger partial charge >= 0.3 is 0 Å². The molecule has 0 aliphatic carbocycles. The molecule has 1 aliphatic rings. The zero-order valence-electron chi connectivity index (χ0n) is 15.7. The predicted molar refractivity (Wildman–Crippen MR) is 106 cm³/mol. The summed E-state index contributed by atoms with van der Waals surface area (Å²) in [6, 6.07) is 7.10. The summed E-state index contributed by atoms with van der Waals surface area (Å²) in [7, 11) is -3.51. The van der Waals surface area contributed by atoms with E-state index in [2.05, 4.69) is 26.1 Å². The minimum absolute atomic E-state index is 0. The third-order valence-electron chi connectivity index (χ3n) is 4.63. The second-order valence-corrected chi connectivity index (χ2v) is 9.47. The van der Waals surface area contributed by atoms with Gasteiger partial charge in [0.15, 0.2) is 0 Å². The first-order valence-electron chi connectivity index (χ1n) is 8.74. The van der Waals surface area contributed by atoms with Gasteiger partial charge in [0.2, 0.25) is 15.9 Å². The van der Waals surface area contributed by atoms with Crippen molar-refractivity contribution < 1.29 is 13.2 Å². The van der Waals surface area contributed by atoms with Crippen LogP contribution in [0.2, 0.25) is 0 Å². The number of carbonyl (C=O) groups excluding carboxylic acids is 1. The van der Waals surface area contributed by atoms with Crippen molar-refractivity contribution in [3.63, 3.8) is 0 Å². The predicted octanol–water partition coefficient (Wildman–Crippen LogP) is 1.88. The number of nitrogens with one attached hydrogen (secondary N) is 1. The molecular formula is C18H30ClN3O3S. The summed E-state index contributed by atoms with van der Waals surface area (Å²) >= 11 is 0. The van der Waals surface area contributed by atoms with Gasteiger partial charge in [-0.2, -0.15) is 4.31 Å². The van der Waals surface area contributed by atoms with E-state index in [1.807, 2.05) is 12.1 Å². The number of rotatable bonds is 5. The van der Waals surface area contributed by atoms with E-state index in [1.54, 1.807) is 12.1 Å². The van der Waals surface area contributed by atoms with Crippen LogP contribution in [0.25, 0.3) is 0 Å². The number of piperidine rings is 1. The molecule has 1 aromatic carbocycles. The third-order valence-corrected chi connectivity index (χ3v) is 6.54. The normalized spacial score (nSPS) is 16.8. The monoisotopic (exact) mass is 403 g/mol. The molecule has 1 aliphatic heterocycles. The smallest absolute Gasteiger partial charge is 0.243 e. The first-order chi connectivity index (χ1) is 11.7. The Morgan fingerprint density at radius 3 is 2.19 bits per heavy atom. The van der Waals surface area contributed by atoms with Crippen molar-refractivity contribution in [3.05, 3.63) is 29.8 Å². The summed E-state index contributed by atoms with van der Waals surface area (Å²) in [6.07, 6.45) is 1.07. The molecule has 1 amide bonds. The Balaban J connectivity index is 0.00000338. The number of nitrogens with zero attached hydrogens (tertiary/aromatic N) is 1. The lowest BCUT2D eigenvalue weighted by molar-refractivity contribution is -0.126. The molecule has 6 nitrogen and oxygen atoms in total. The first kappa shape index (κ1) is 22.9. The maximum absolute atomic E-state index is 12.8. The maximum Gasteiger partial charge on any atom is 0.243 e. The molecule has 0 unspecified atom stereocenters. The van der Waals surface area contributed by atoms with Crippen molar-refractivity contribution in [2.24, 2.45) is 11.7 Å². The fraction of sp³-hybridized carbons (Fsp3) is 0.611. The summed E-state index contributed by atoms with van der Waals surface area (Å²) in [5.74, 6) is -0.168. The lowest BCUT2D eigenvalue weighted by atomic mass is 9.87. The van der Waals surface area contributed by atoms with Crippen LogP contribution in [-0.4, -0.2) is 44.8 Å². The van der Waals surface area contributed by atoms with Crippen LogP contribution in [0.3, 0.4) is 0 Å². The zero-order valence-corrected chi connectivity index (χ0v) is 17.3. The Bertz CT molecular complexity index is 691. The van der Waals surface area contributed by atoms with Gasteiger partial charge in [0.1, 0.15) is 0 Å². The standard InChI is InChI=1S/C18H29N3O3S.ClH/c1-18(2,3)15-4-6-16(7-5-15)25(23,24)21-12-8-14(9-13-21)17(22)20-11-10-19;/h4-7,14H,8-13,19H2,1-3H3,(H,20,22);1H. The van der Waals surface area contributed by atoms with Gasteiger partial charge < -0.3 is 11.1 Å².